The van der Waals surface area contributed by atoms with E-state index in [4.69, 9.17) is 4.74 Å². The molecule has 0 atom stereocenters. The highest BCUT2D eigenvalue weighted by molar-refractivity contribution is 5.52. The fourth-order valence-corrected chi connectivity index (χ4v) is 2.45. The van der Waals surface area contributed by atoms with Gasteiger partial charge in [-0.15, -0.1) is 0 Å². The molecule has 0 spiro atoms. The van der Waals surface area contributed by atoms with Crippen molar-refractivity contribution in [1.29, 1.82) is 0 Å². The van der Waals surface area contributed by atoms with E-state index in [-0.39, 0.29) is 0 Å². The lowest BCUT2D eigenvalue weighted by atomic mass is 10.3. The standard InChI is InChI=1S/C15H23N7O/c1-12-11-17-15(19-13-3-4-18-21(13)2)20-14(12)16-5-6-22-7-9-23-10-8-22/h3-4,11H,5-10H2,1-2H3,(H2,16,17,19,20). The van der Waals surface area contributed by atoms with Crippen molar-refractivity contribution in [2.75, 3.05) is 50.0 Å². The summed E-state index contributed by atoms with van der Waals surface area (Å²) in [6.45, 7) is 7.48. The van der Waals surface area contributed by atoms with Crippen molar-refractivity contribution in [3.8, 4) is 0 Å². The number of hydrogen-bond donors (Lipinski definition) is 2. The van der Waals surface area contributed by atoms with E-state index in [1.54, 1.807) is 10.9 Å². The predicted octanol–water partition coefficient (Wildman–Crippen LogP) is 1.01. The summed E-state index contributed by atoms with van der Waals surface area (Å²) in [5.74, 6) is 2.28. The number of nitrogens with one attached hydrogen (secondary N) is 2. The summed E-state index contributed by atoms with van der Waals surface area (Å²) in [6.07, 6.45) is 3.56. The van der Waals surface area contributed by atoms with Gasteiger partial charge in [-0.3, -0.25) is 9.58 Å². The second-order valence-corrected chi connectivity index (χ2v) is 5.57. The van der Waals surface area contributed by atoms with Gasteiger partial charge in [0, 0.05) is 51.1 Å². The second-order valence-electron chi connectivity index (χ2n) is 5.57. The lowest BCUT2D eigenvalue weighted by molar-refractivity contribution is 0.0398. The van der Waals surface area contributed by atoms with E-state index in [0.717, 1.165) is 56.6 Å². The highest BCUT2D eigenvalue weighted by Crippen LogP contribution is 2.16. The Bertz CT molecular complexity index is 637. The number of hydrogen-bond acceptors (Lipinski definition) is 7. The molecule has 3 rings (SSSR count). The Morgan fingerprint density at radius 3 is 2.87 bits per heavy atom. The third-order valence-corrected chi connectivity index (χ3v) is 3.86. The van der Waals surface area contributed by atoms with Crippen LogP contribution in [-0.2, 0) is 11.8 Å². The largest absolute Gasteiger partial charge is 0.379 e. The van der Waals surface area contributed by atoms with Gasteiger partial charge in [0.1, 0.15) is 11.6 Å². The lowest BCUT2D eigenvalue weighted by Gasteiger charge is -2.26. The normalized spacial score (nSPS) is 15.6. The molecule has 1 fully saturated rings. The van der Waals surface area contributed by atoms with Gasteiger partial charge in [0.15, 0.2) is 0 Å². The van der Waals surface area contributed by atoms with E-state index < -0.39 is 0 Å². The zero-order chi connectivity index (χ0) is 16.1. The number of nitrogens with zero attached hydrogens (tertiary/aromatic N) is 5. The van der Waals surface area contributed by atoms with Gasteiger partial charge in [-0.05, 0) is 6.92 Å². The Labute approximate surface area is 135 Å². The first-order chi connectivity index (χ1) is 11.2. The maximum Gasteiger partial charge on any atom is 0.230 e. The number of aryl methyl sites for hydroxylation is 2. The molecule has 1 aliphatic heterocycles. The maximum absolute atomic E-state index is 5.36. The molecule has 23 heavy (non-hydrogen) atoms. The highest BCUT2D eigenvalue weighted by Gasteiger charge is 2.10. The minimum Gasteiger partial charge on any atom is -0.379 e. The molecule has 2 aromatic rings. The average Bonchev–Trinajstić information content (AvgIpc) is 2.96. The number of aromatic nitrogens is 4. The summed E-state index contributed by atoms with van der Waals surface area (Å²) in [5, 5.41) is 10.7. The van der Waals surface area contributed by atoms with E-state index in [2.05, 4.69) is 30.6 Å². The van der Waals surface area contributed by atoms with Crippen LogP contribution in [0.25, 0.3) is 0 Å². The topological polar surface area (TPSA) is 80.1 Å². The fraction of sp³-hybridized carbons (Fsp3) is 0.533. The van der Waals surface area contributed by atoms with Gasteiger partial charge in [0.25, 0.3) is 0 Å². The van der Waals surface area contributed by atoms with Crippen molar-refractivity contribution in [2.24, 2.45) is 7.05 Å². The van der Waals surface area contributed by atoms with Crippen molar-refractivity contribution in [3.63, 3.8) is 0 Å². The lowest BCUT2D eigenvalue weighted by Crippen LogP contribution is -2.39. The van der Waals surface area contributed by atoms with Gasteiger partial charge in [-0.1, -0.05) is 0 Å². The van der Waals surface area contributed by atoms with Crippen LogP contribution in [0.3, 0.4) is 0 Å². The summed E-state index contributed by atoms with van der Waals surface area (Å²) < 4.78 is 7.11. The van der Waals surface area contributed by atoms with Crippen LogP contribution in [-0.4, -0.2) is 64.0 Å². The molecule has 0 radical (unpaired) electrons. The predicted molar refractivity (Wildman–Crippen MR) is 89.0 cm³/mol. The maximum atomic E-state index is 5.36. The smallest absolute Gasteiger partial charge is 0.230 e. The van der Waals surface area contributed by atoms with Crippen LogP contribution in [0.2, 0.25) is 0 Å². The Morgan fingerprint density at radius 1 is 1.30 bits per heavy atom. The summed E-state index contributed by atoms with van der Waals surface area (Å²) in [5.41, 5.74) is 1.03. The summed E-state index contributed by atoms with van der Waals surface area (Å²) in [4.78, 5) is 11.3. The number of ether oxygens (including phenoxy) is 1. The first-order valence-electron chi connectivity index (χ1n) is 7.85. The molecule has 8 heteroatoms. The molecule has 0 unspecified atom stereocenters. The van der Waals surface area contributed by atoms with Crippen LogP contribution in [0.15, 0.2) is 18.5 Å². The van der Waals surface area contributed by atoms with E-state index in [9.17, 15) is 0 Å². The van der Waals surface area contributed by atoms with Gasteiger partial charge >= 0.3 is 0 Å². The van der Waals surface area contributed by atoms with Gasteiger partial charge < -0.3 is 15.4 Å². The average molecular weight is 317 g/mol. The molecule has 0 aromatic carbocycles. The molecule has 0 aliphatic carbocycles. The Balaban J connectivity index is 1.58. The quantitative estimate of drug-likeness (QED) is 0.823. The molecule has 124 valence electrons. The van der Waals surface area contributed by atoms with Crippen LogP contribution in [0.5, 0.6) is 0 Å². The van der Waals surface area contributed by atoms with E-state index >= 15 is 0 Å². The van der Waals surface area contributed by atoms with Gasteiger partial charge in [-0.2, -0.15) is 10.1 Å². The van der Waals surface area contributed by atoms with Crippen molar-refractivity contribution in [2.45, 2.75) is 6.92 Å². The third-order valence-electron chi connectivity index (χ3n) is 3.86. The van der Waals surface area contributed by atoms with Crippen LogP contribution in [0.1, 0.15) is 5.56 Å². The summed E-state index contributed by atoms with van der Waals surface area (Å²) >= 11 is 0. The van der Waals surface area contributed by atoms with Crippen molar-refractivity contribution < 1.29 is 4.74 Å². The first-order valence-corrected chi connectivity index (χ1v) is 7.85. The first kappa shape index (κ1) is 15.7. The molecule has 2 aromatic heterocycles. The Kier molecular flexibility index (Phi) is 5.04. The van der Waals surface area contributed by atoms with Crippen molar-refractivity contribution >= 4 is 17.6 Å². The van der Waals surface area contributed by atoms with Gasteiger partial charge in [0.05, 0.1) is 19.4 Å². The molecule has 0 bridgehead atoms. The zero-order valence-electron chi connectivity index (χ0n) is 13.6. The second kappa shape index (κ2) is 7.38. The van der Waals surface area contributed by atoms with Crippen molar-refractivity contribution in [1.82, 2.24) is 24.6 Å². The third kappa shape index (κ3) is 4.17. The molecule has 0 amide bonds. The molecule has 1 aliphatic rings. The van der Waals surface area contributed by atoms with Crippen LogP contribution < -0.4 is 10.6 Å². The van der Waals surface area contributed by atoms with Crippen LogP contribution in [0, 0.1) is 6.92 Å². The summed E-state index contributed by atoms with van der Waals surface area (Å²) in [6, 6.07) is 1.88. The van der Waals surface area contributed by atoms with Crippen molar-refractivity contribution in [3.05, 3.63) is 24.0 Å². The minimum absolute atomic E-state index is 0.563. The van der Waals surface area contributed by atoms with E-state index in [1.807, 2.05) is 26.2 Å². The molecule has 2 N–H and O–H groups in total. The fourth-order valence-electron chi connectivity index (χ4n) is 2.45. The van der Waals surface area contributed by atoms with Crippen LogP contribution in [0.4, 0.5) is 17.6 Å². The molecular formula is C15H23N7O. The minimum atomic E-state index is 0.563. The van der Waals surface area contributed by atoms with E-state index in [0.29, 0.717) is 5.95 Å². The SMILES string of the molecule is Cc1cnc(Nc2ccnn2C)nc1NCCN1CCOCC1. The molecular weight excluding hydrogens is 294 g/mol. The molecule has 1 saturated heterocycles. The number of rotatable bonds is 6. The molecule has 8 nitrogen and oxygen atoms in total. The molecule has 0 saturated carbocycles. The summed E-state index contributed by atoms with van der Waals surface area (Å²) in [7, 11) is 1.87. The molecule has 3 heterocycles. The zero-order valence-corrected chi connectivity index (χ0v) is 13.6. The Morgan fingerprint density at radius 2 is 2.13 bits per heavy atom. The highest BCUT2D eigenvalue weighted by atomic mass is 16.5. The number of morpholine rings is 1. The van der Waals surface area contributed by atoms with Gasteiger partial charge in [0.2, 0.25) is 5.95 Å². The Hall–Kier alpha value is -2.19. The number of anilines is 3. The van der Waals surface area contributed by atoms with Crippen LogP contribution >= 0.6 is 0 Å². The van der Waals surface area contributed by atoms with Gasteiger partial charge in [-0.25, -0.2) is 4.98 Å². The van der Waals surface area contributed by atoms with E-state index in [1.165, 1.54) is 0 Å². The monoisotopic (exact) mass is 317 g/mol.